The Balaban J connectivity index is 1.80. The van der Waals surface area contributed by atoms with Crippen LogP contribution in [0.25, 0.3) is 0 Å². The molecule has 118 valence electrons. The maximum atomic E-state index is 6.16. The van der Waals surface area contributed by atoms with Crippen LogP contribution < -0.4 is 4.90 Å². The number of rotatable bonds is 5. The van der Waals surface area contributed by atoms with Gasteiger partial charge in [0, 0.05) is 31.6 Å². The van der Waals surface area contributed by atoms with Crippen LogP contribution in [0.4, 0.5) is 5.13 Å². The Morgan fingerprint density at radius 1 is 1.36 bits per heavy atom. The molecule has 0 amide bonds. The molecule has 1 saturated heterocycles. The largest absolute Gasteiger partial charge is 0.384 e. The highest BCUT2D eigenvalue weighted by Gasteiger charge is 2.29. The monoisotopic (exact) mass is 357 g/mol. The van der Waals surface area contributed by atoms with Gasteiger partial charge in [0.15, 0.2) is 0 Å². The molecule has 7 heteroatoms. The maximum absolute atomic E-state index is 6.16. The summed E-state index contributed by atoms with van der Waals surface area (Å²) < 4.78 is 9.50. The van der Waals surface area contributed by atoms with Crippen LogP contribution in [0.15, 0.2) is 18.2 Å². The van der Waals surface area contributed by atoms with Gasteiger partial charge in [-0.05, 0) is 30.5 Å². The summed E-state index contributed by atoms with van der Waals surface area (Å²) in [7, 11) is 1.69. The minimum absolute atomic E-state index is 0.290. The van der Waals surface area contributed by atoms with Crippen molar-refractivity contribution < 1.29 is 4.74 Å². The van der Waals surface area contributed by atoms with Gasteiger partial charge in [-0.2, -0.15) is 4.37 Å². The molecule has 0 saturated carbocycles. The molecule has 22 heavy (non-hydrogen) atoms. The van der Waals surface area contributed by atoms with Gasteiger partial charge in [-0.3, -0.25) is 0 Å². The minimum atomic E-state index is 0.290. The normalized spacial score (nSPS) is 18.1. The van der Waals surface area contributed by atoms with Crippen molar-refractivity contribution in [3.05, 3.63) is 39.6 Å². The summed E-state index contributed by atoms with van der Waals surface area (Å²) in [6, 6.07) is 6.15. The van der Waals surface area contributed by atoms with Gasteiger partial charge in [0.05, 0.1) is 22.7 Å². The summed E-state index contributed by atoms with van der Waals surface area (Å²) in [4.78, 5) is 6.95. The Labute approximate surface area is 144 Å². The summed E-state index contributed by atoms with van der Waals surface area (Å²) in [6.45, 7) is 1.64. The Morgan fingerprint density at radius 2 is 2.23 bits per heavy atom. The Hall–Kier alpha value is -0.880. The van der Waals surface area contributed by atoms with Gasteiger partial charge in [-0.25, -0.2) is 4.98 Å². The SMILES string of the molecule is COCCc1nsc(N2CCCC2c2ccc(Cl)c(Cl)c2)n1. The third kappa shape index (κ3) is 3.38. The van der Waals surface area contributed by atoms with E-state index in [2.05, 4.69) is 14.3 Å². The Bertz CT molecular complexity index is 649. The van der Waals surface area contributed by atoms with Crippen LogP contribution in [0.2, 0.25) is 10.0 Å². The number of benzene rings is 1. The lowest BCUT2D eigenvalue weighted by Crippen LogP contribution is -2.22. The van der Waals surface area contributed by atoms with Crippen molar-refractivity contribution in [2.75, 3.05) is 25.2 Å². The average molecular weight is 358 g/mol. The molecule has 1 aliphatic rings. The quantitative estimate of drug-likeness (QED) is 0.795. The number of nitrogens with zero attached hydrogens (tertiary/aromatic N) is 3. The third-order valence-electron chi connectivity index (χ3n) is 3.81. The van der Waals surface area contributed by atoms with E-state index in [9.17, 15) is 0 Å². The van der Waals surface area contributed by atoms with Crippen LogP contribution in [0.3, 0.4) is 0 Å². The standard InChI is InChI=1S/C15H17Cl2N3OS/c1-21-8-6-14-18-15(22-19-14)20-7-2-3-13(20)10-4-5-11(16)12(17)9-10/h4-5,9,13H,2-3,6-8H2,1H3. The van der Waals surface area contributed by atoms with Crippen molar-refractivity contribution in [2.45, 2.75) is 25.3 Å². The van der Waals surface area contributed by atoms with Crippen LogP contribution in [0, 0.1) is 0 Å². The lowest BCUT2D eigenvalue weighted by Gasteiger charge is -2.24. The topological polar surface area (TPSA) is 38.2 Å². The van der Waals surface area contributed by atoms with Crippen molar-refractivity contribution in [3.63, 3.8) is 0 Å². The number of hydrogen-bond acceptors (Lipinski definition) is 5. The summed E-state index contributed by atoms with van der Waals surface area (Å²) in [6.07, 6.45) is 2.97. The highest BCUT2D eigenvalue weighted by Crippen LogP contribution is 2.38. The molecule has 1 aromatic carbocycles. The van der Waals surface area contributed by atoms with Crippen LogP contribution in [-0.2, 0) is 11.2 Å². The van der Waals surface area contributed by atoms with Crippen LogP contribution >= 0.6 is 34.7 Å². The van der Waals surface area contributed by atoms with Gasteiger partial charge >= 0.3 is 0 Å². The average Bonchev–Trinajstić information content (AvgIpc) is 3.16. The van der Waals surface area contributed by atoms with Crippen molar-refractivity contribution in [3.8, 4) is 0 Å². The van der Waals surface area contributed by atoms with Crippen LogP contribution in [-0.4, -0.2) is 29.6 Å². The number of methoxy groups -OCH3 is 1. The summed E-state index contributed by atoms with van der Waals surface area (Å²) in [5.41, 5.74) is 1.18. The first-order valence-electron chi connectivity index (χ1n) is 7.22. The highest BCUT2D eigenvalue weighted by atomic mass is 35.5. The zero-order chi connectivity index (χ0) is 15.5. The second-order valence-electron chi connectivity index (χ2n) is 5.26. The van der Waals surface area contributed by atoms with Crippen LogP contribution in [0.5, 0.6) is 0 Å². The van der Waals surface area contributed by atoms with E-state index in [0.29, 0.717) is 16.7 Å². The molecule has 0 N–H and O–H groups in total. The predicted molar refractivity (Wildman–Crippen MR) is 91.3 cm³/mol. The first-order valence-corrected chi connectivity index (χ1v) is 8.75. The van der Waals surface area contributed by atoms with E-state index >= 15 is 0 Å². The molecule has 1 atom stereocenters. The number of hydrogen-bond donors (Lipinski definition) is 0. The molecule has 2 aromatic rings. The highest BCUT2D eigenvalue weighted by molar-refractivity contribution is 7.09. The summed E-state index contributed by atoms with van der Waals surface area (Å²) in [5.74, 6) is 0.849. The maximum Gasteiger partial charge on any atom is 0.205 e. The number of anilines is 1. The van der Waals surface area contributed by atoms with Gasteiger partial charge in [0.1, 0.15) is 5.82 Å². The number of halogens is 2. The molecule has 1 aromatic heterocycles. The molecule has 1 unspecified atom stereocenters. The number of aromatic nitrogens is 2. The van der Waals surface area contributed by atoms with Gasteiger partial charge < -0.3 is 9.64 Å². The summed E-state index contributed by atoms with van der Waals surface area (Å²) in [5, 5.41) is 2.16. The molecular formula is C15H17Cl2N3OS. The van der Waals surface area contributed by atoms with Crippen molar-refractivity contribution in [1.82, 2.24) is 9.36 Å². The molecule has 4 nitrogen and oxygen atoms in total. The van der Waals surface area contributed by atoms with Gasteiger partial charge in [-0.15, -0.1) is 0 Å². The Kier molecular flexibility index (Phi) is 5.18. The first kappa shape index (κ1) is 16.0. The molecule has 0 radical (unpaired) electrons. The smallest absolute Gasteiger partial charge is 0.205 e. The first-order chi connectivity index (χ1) is 10.7. The molecule has 0 spiro atoms. The van der Waals surface area contributed by atoms with E-state index in [4.69, 9.17) is 27.9 Å². The van der Waals surface area contributed by atoms with Gasteiger partial charge in [-0.1, -0.05) is 29.3 Å². The molecule has 1 fully saturated rings. The predicted octanol–water partition coefficient (Wildman–Crippen LogP) is 4.38. The van der Waals surface area contributed by atoms with E-state index in [-0.39, 0.29) is 6.04 Å². The van der Waals surface area contributed by atoms with Crippen molar-refractivity contribution in [1.29, 1.82) is 0 Å². The zero-order valence-corrected chi connectivity index (χ0v) is 14.6. The lowest BCUT2D eigenvalue weighted by atomic mass is 10.1. The fraction of sp³-hybridized carbons (Fsp3) is 0.467. The fourth-order valence-electron chi connectivity index (χ4n) is 2.72. The van der Waals surface area contributed by atoms with Crippen LogP contribution in [0.1, 0.15) is 30.3 Å². The molecular weight excluding hydrogens is 341 g/mol. The third-order valence-corrected chi connectivity index (χ3v) is 5.34. The van der Waals surface area contributed by atoms with Gasteiger partial charge in [0.2, 0.25) is 5.13 Å². The van der Waals surface area contributed by atoms with E-state index in [1.54, 1.807) is 7.11 Å². The van der Waals surface area contributed by atoms with Gasteiger partial charge in [0.25, 0.3) is 0 Å². The summed E-state index contributed by atoms with van der Waals surface area (Å²) >= 11 is 13.6. The van der Waals surface area contributed by atoms with E-state index in [1.165, 1.54) is 17.1 Å². The lowest BCUT2D eigenvalue weighted by molar-refractivity contribution is 0.201. The Morgan fingerprint density at radius 3 is 3.00 bits per heavy atom. The molecule has 2 heterocycles. The molecule has 0 aliphatic carbocycles. The van der Waals surface area contributed by atoms with E-state index in [1.807, 2.05) is 18.2 Å². The zero-order valence-electron chi connectivity index (χ0n) is 12.3. The molecule has 3 rings (SSSR count). The fourth-order valence-corrected chi connectivity index (χ4v) is 3.81. The van der Waals surface area contributed by atoms with Crippen molar-refractivity contribution >= 4 is 39.9 Å². The molecule has 0 bridgehead atoms. The second kappa shape index (κ2) is 7.13. The molecule has 1 aliphatic heterocycles. The van der Waals surface area contributed by atoms with E-state index in [0.717, 1.165) is 36.8 Å². The van der Waals surface area contributed by atoms with Crippen molar-refractivity contribution in [2.24, 2.45) is 0 Å². The minimum Gasteiger partial charge on any atom is -0.384 e. The van der Waals surface area contributed by atoms with E-state index < -0.39 is 0 Å². The number of ether oxygens (including phenoxy) is 1. The second-order valence-corrected chi connectivity index (χ2v) is 6.81.